The molecule has 0 saturated heterocycles. The van der Waals surface area contributed by atoms with Gasteiger partial charge >= 0.3 is 0 Å². The molecule has 20 heavy (non-hydrogen) atoms. The number of unbranched alkanes of at least 4 members (excludes halogenated alkanes) is 10. The van der Waals surface area contributed by atoms with Crippen LogP contribution in [-0.4, -0.2) is 10.7 Å². The van der Waals surface area contributed by atoms with Crippen LogP contribution in [0.1, 0.15) is 91.4 Å². The van der Waals surface area contributed by atoms with Crippen LogP contribution in [0.5, 0.6) is 0 Å². The molecule has 1 heteroatoms. The maximum Gasteiger partial charge on any atom is 0.120 e. The van der Waals surface area contributed by atoms with E-state index in [0.717, 1.165) is 6.42 Å². The SMILES string of the molecule is CCCCCCCCCCCC/C=C/C#CC(C)(C)O. The predicted octanol–water partition coefficient (Wildman–Crippen LogP) is 5.63. The van der Waals surface area contributed by atoms with Gasteiger partial charge in [-0.2, -0.15) is 0 Å². The molecular weight excluding hydrogens is 244 g/mol. The molecule has 0 aliphatic rings. The summed E-state index contributed by atoms with van der Waals surface area (Å²) in [5.74, 6) is 5.66. The van der Waals surface area contributed by atoms with E-state index in [1.807, 2.05) is 6.08 Å². The molecule has 0 aromatic heterocycles. The molecule has 0 spiro atoms. The van der Waals surface area contributed by atoms with E-state index in [0.29, 0.717) is 0 Å². The third-order valence-electron chi connectivity index (χ3n) is 3.30. The Labute approximate surface area is 126 Å². The van der Waals surface area contributed by atoms with Crippen LogP contribution in [0.15, 0.2) is 12.2 Å². The summed E-state index contributed by atoms with van der Waals surface area (Å²) in [6.45, 7) is 5.68. The van der Waals surface area contributed by atoms with E-state index >= 15 is 0 Å². The summed E-state index contributed by atoms with van der Waals surface area (Å²) in [5.41, 5.74) is -0.874. The number of hydrogen-bond donors (Lipinski definition) is 1. The summed E-state index contributed by atoms with van der Waals surface area (Å²) in [4.78, 5) is 0. The summed E-state index contributed by atoms with van der Waals surface area (Å²) in [7, 11) is 0. The predicted molar refractivity (Wildman–Crippen MR) is 89.7 cm³/mol. The highest BCUT2D eigenvalue weighted by atomic mass is 16.3. The van der Waals surface area contributed by atoms with Crippen molar-refractivity contribution in [2.75, 3.05) is 0 Å². The van der Waals surface area contributed by atoms with Crippen LogP contribution in [0.4, 0.5) is 0 Å². The Morgan fingerprint density at radius 1 is 0.850 bits per heavy atom. The van der Waals surface area contributed by atoms with Crippen molar-refractivity contribution in [1.82, 2.24) is 0 Å². The third-order valence-corrected chi connectivity index (χ3v) is 3.30. The Balaban J connectivity index is 3.24. The molecule has 0 unspecified atom stereocenters. The van der Waals surface area contributed by atoms with Crippen molar-refractivity contribution in [3.8, 4) is 11.8 Å². The van der Waals surface area contributed by atoms with Gasteiger partial charge in [0.15, 0.2) is 0 Å². The molecule has 0 rings (SSSR count). The second-order valence-corrected chi connectivity index (χ2v) is 6.20. The fourth-order valence-corrected chi connectivity index (χ4v) is 2.11. The van der Waals surface area contributed by atoms with E-state index in [2.05, 4.69) is 24.8 Å². The van der Waals surface area contributed by atoms with Crippen LogP contribution in [0.2, 0.25) is 0 Å². The lowest BCUT2D eigenvalue weighted by atomic mass is 10.1. The molecule has 0 atom stereocenters. The quantitative estimate of drug-likeness (QED) is 0.384. The Morgan fingerprint density at radius 2 is 1.35 bits per heavy atom. The number of hydrogen-bond acceptors (Lipinski definition) is 1. The molecule has 0 aromatic rings. The van der Waals surface area contributed by atoms with Crippen molar-refractivity contribution in [2.45, 2.75) is 97.0 Å². The molecule has 0 bridgehead atoms. The van der Waals surface area contributed by atoms with Gasteiger partial charge in [-0.25, -0.2) is 0 Å². The molecule has 0 aliphatic heterocycles. The van der Waals surface area contributed by atoms with E-state index in [4.69, 9.17) is 0 Å². The van der Waals surface area contributed by atoms with Crippen LogP contribution >= 0.6 is 0 Å². The first-order valence-electron chi connectivity index (χ1n) is 8.46. The minimum absolute atomic E-state index is 0.874. The summed E-state index contributed by atoms with van der Waals surface area (Å²) in [6.07, 6.45) is 18.9. The van der Waals surface area contributed by atoms with E-state index in [-0.39, 0.29) is 0 Å². The van der Waals surface area contributed by atoms with E-state index in [9.17, 15) is 5.11 Å². The van der Waals surface area contributed by atoms with Gasteiger partial charge in [0, 0.05) is 0 Å². The summed E-state index contributed by atoms with van der Waals surface area (Å²) >= 11 is 0. The largest absolute Gasteiger partial charge is 0.378 e. The first-order chi connectivity index (χ1) is 9.56. The normalized spacial score (nSPS) is 11.6. The van der Waals surface area contributed by atoms with Crippen LogP contribution < -0.4 is 0 Å². The van der Waals surface area contributed by atoms with Gasteiger partial charge in [-0.05, 0) is 32.8 Å². The van der Waals surface area contributed by atoms with Gasteiger partial charge in [0.25, 0.3) is 0 Å². The average molecular weight is 278 g/mol. The van der Waals surface area contributed by atoms with Gasteiger partial charge in [0.05, 0.1) is 0 Å². The standard InChI is InChI=1S/C19H34O/c1-4-5-6-7-8-9-10-11-12-13-14-15-16-17-18-19(2,3)20/h15-16,20H,4-14H2,1-3H3/b16-15+. The van der Waals surface area contributed by atoms with Gasteiger partial charge in [-0.1, -0.05) is 82.6 Å². The van der Waals surface area contributed by atoms with Crippen LogP contribution in [0.25, 0.3) is 0 Å². The fourth-order valence-electron chi connectivity index (χ4n) is 2.11. The topological polar surface area (TPSA) is 20.2 Å². The molecule has 0 heterocycles. The average Bonchev–Trinajstić information content (AvgIpc) is 2.38. The first kappa shape index (κ1) is 19.3. The van der Waals surface area contributed by atoms with Gasteiger partial charge in [-0.15, -0.1) is 0 Å². The zero-order valence-electron chi connectivity index (χ0n) is 13.9. The smallest absolute Gasteiger partial charge is 0.120 e. The van der Waals surface area contributed by atoms with Gasteiger partial charge in [-0.3, -0.25) is 0 Å². The van der Waals surface area contributed by atoms with E-state index < -0.39 is 5.60 Å². The highest BCUT2D eigenvalue weighted by Gasteiger charge is 2.04. The summed E-state index contributed by atoms with van der Waals surface area (Å²) in [6, 6.07) is 0. The monoisotopic (exact) mass is 278 g/mol. The maximum atomic E-state index is 9.40. The number of allylic oxidation sites excluding steroid dienone is 2. The number of aliphatic hydroxyl groups is 1. The molecule has 1 nitrogen and oxygen atoms in total. The second-order valence-electron chi connectivity index (χ2n) is 6.20. The number of rotatable bonds is 11. The van der Waals surface area contributed by atoms with Gasteiger partial charge in [0.1, 0.15) is 5.60 Å². The second kappa shape index (κ2) is 13.3. The zero-order chi connectivity index (χ0) is 15.1. The molecule has 0 aromatic carbocycles. The molecule has 0 amide bonds. The Morgan fingerprint density at radius 3 is 1.85 bits per heavy atom. The van der Waals surface area contributed by atoms with Crippen molar-refractivity contribution in [3.05, 3.63) is 12.2 Å². The molecule has 0 saturated carbocycles. The van der Waals surface area contributed by atoms with Crippen LogP contribution in [-0.2, 0) is 0 Å². The van der Waals surface area contributed by atoms with Crippen LogP contribution in [0.3, 0.4) is 0 Å². The lowest BCUT2D eigenvalue weighted by Gasteiger charge is -2.04. The van der Waals surface area contributed by atoms with Crippen molar-refractivity contribution >= 4 is 0 Å². The summed E-state index contributed by atoms with van der Waals surface area (Å²) in [5, 5.41) is 9.40. The Hall–Kier alpha value is -0.740. The zero-order valence-corrected chi connectivity index (χ0v) is 13.9. The van der Waals surface area contributed by atoms with Crippen molar-refractivity contribution < 1.29 is 5.11 Å². The van der Waals surface area contributed by atoms with E-state index in [1.165, 1.54) is 64.2 Å². The lowest BCUT2D eigenvalue weighted by molar-refractivity contribution is 0.143. The minimum Gasteiger partial charge on any atom is -0.378 e. The first-order valence-corrected chi connectivity index (χ1v) is 8.46. The fraction of sp³-hybridized carbons (Fsp3) is 0.789. The molecule has 116 valence electrons. The van der Waals surface area contributed by atoms with Crippen molar-refractivity contribution in [3.63, 3.8) is 0 Å². The highest BCUT2D eigenvalue weighted by Crippen LogP contribution is 2.11. The Bertz CT molecular complexity index is 285. The minimum atomic E-state index is -0.874. The van der Waals surface area contributed by atoms with Gasteiger partial charge in [0.2, 0.25) is 0 Å². The lowest BCUT2D eigenvalue weighted by Crippen LogP contribution is -2.14. The maximum absolute atomic E-state index is 9.40. The molecule has 0 fully saturated rings. The molecule has 0 radical (unpaired) electrons. The van der Waals surface area contributed by atoms with Gasteiger partial charge < -0.3 is 5.11 Å². The Kier molecular flexibility index (Phi) is 12.8. The molecule has 0 aliphatic carbocycles. The van der Waals surface area contributed by atoms with E-state index in [1.54, 1.807) is 13.8 Å². The van der Waals surface area contributed by atoms with Crippen molar-refractivity contribution in [2.24, 2.45) is 0 Å². The molecule has 1 N–H and O–H groups in total. The highest BCUT2D eigenvalue weighted by molar-refractivity contribution is 5.20. The third kappa shape index (κ3) is 17.3. The van der Waals surface area contributed by atoms with Crippen LogP contribution in [0, 0.1) is 11.8 Å². The molecular formula is C19H34O. The van der Waals surface area contributed by atoms with Crippen molar-refractivity contribution in [1.29, 1.82) is 0 Å². The summed E-state index contributed by atoms with van der Waals surface area (Å²) < 4.78 is 0.